The van der Waals surface area contributed by atoms with Crippen LogP contribution in [-0.4, -0.2) is 13.1 Å². The number of hydrogen-bond donors (Lipinski definition) is 2. The third kappa shape index (κ3) is 1.46. The summed E-state index contributed by atoms with van der Waals surface area (Å²) in [5.74, 6) is -3.37. The van der Waals surface area contributed by atoms with Crippen LogP contribution in [0.1, 0.15) is 10.4 Å². The van der Waals surface area contributed by atoms with E-state index in [9.17, 15) is 13.6 Å². The maximum atomic E-state index is 12.8. The molecule has 0 amide bonds. The van der Waals surface area contributed by atoms with Gasteiger partial charge in [0.1, 0.15) is 0 Å². The van der Waals surface area contributed by atoms with Crippen molar-refractivity contribution in [3.8, 4) is 0 Å². The SMILES string of the molecule is COC(=O)c1cc(F)c(F)c(N)c1N. The molecular formula is C8H8F2N2O2. The van der Waals surface area contributed by atoms with Crippen molar-refractivity contribution in [2.45, 2.75) is 0 Å². The van der Waals surface area contributed by atoms with Crippen molar-refractivity contribution >= 4 is 17.3 Å². The lowest BCUT2D eigenvalue weighted by Gasteiger charge is -2.07. The molecule has 0 atom stereocenters. The first-order valence-electron chi connectivity index (χ1n) is 3.60. The molecule has 4 N–H and O–H groups in total. The molecule has 0 fully saturated rings. The van der Waals surface area contributed by atoms with Crippen molar-refractivity contribution in [1.82, 2.24) is 0 Å². The lowest BCUT2D eigenvalue weighted by molar-refractivity contribution is 0.0601. The van der Waals surface area contributed by atoms with Crippen LogP contribution >= 0.6 is 0 Å². The quantitative estimate of drug-likeness (QED) is 0.524. The minimum atomic E-state index is -1.27. The number of rotatable bonds is 1. The molecule has 0 aromatic heterocycles. The van der Waals surface area contributed by atoms with Crippen molar-refractivity contribution in [2.24, 2.45) is 0 Å². The zero-order chi connectivity index (χ0) is 10.9. The van der Waals surface area contributed by atoms with E-state index in [4.69, 9.17) is 11.5 Å². The Labute approximate surface area is 78.4 Å². The highest BCUT2D eigenvalue weighted by Gasteiger charge is 2.18. The maximum Gasteiger partial charge on any atom is 0.340 e. The number of carbonyl (C=O) groups excluding carboxylic acids is 1. The summed E-state index contributed by atoms with van der Waals surface area (Å²) in [7, 11) is 1.10. The summed E-state index contributed by atoms with van der Waals surface area (Å²) in [6, 6.07) is 0.646. The van der Waals surface area contributed by atoms with Gasteiger partial charge >= 0.3 is 5.97 Å². The van der Waals surface area contributed by atoms with Gasteiger partial charge in [-0.05, 0) is 6.07 Å². The van der Waals surface area contributed by atoms with Crippen LogP contribution in [0.15, 0.2) is 6.07 Å². The molecule has 6 heteroatoms. The Hall–Kier alpha value is -1.85. The van der Waals surface area contributed by atoms with Gasteiger partial charge in [-0.15, -0.1) is 0 Å². The number of ether oxygens (including phenoxy) is 1. The van der Waals surface area contributed by atoms with Crippen LogP contribution in [0, 0.1) is 11.6 Å². The first-order valence-corrected chi connectivity index (χ1v) is 3.60. The van der Waals surface area contributed by atoms with Crippen LogP contribution in [0.2, 0.25) is 0 Å². The molecule has 0 spiro atoms. The van der Waals surface area contributed by atoms with Crippen LogP contribution in [0.5, 0.6) is 0 Å². The minimum absolute atomic E-state index is 0.288. The van der Waals surface area contributed by atoms with E-state index < -0.39 is 23.3 Å². The number of hydrogen-bond acceptors (Lipinski definition) is 4. The van der Waals surface area contributed by atoms with E-state index in [1.54, 1.807) is 0 Å². The number of halogens is 2. The molecule has 76 valence electrons. The molecule has 0 aliphatic carbocycles. The second-order valence-electron chi connectivity index (χ2n) is 2.54. The molecule has 0 radical (unpaired) electrons. The third-order valence-corrected chi connectivity index (χ3v) is 1.70. The van der Waals surface area contributed by atoms with Gasteiger partial charge in [0.15, 0.2) is 11.6 Å². The number of carbonyl (C=O) groups is 1. The number of methoxy groups -OCH3 is 1. The molecule has 0 saturated heterocycles. The van der Waals surface area contributed by atoms with Gasteiger partial charge in [-0.25, -0.2) is 13.6 Å². The van der Waals surface area contributed by atoms with Gasteiger partial charge in [-0.2, -0.15) is 0 Å². The average Bonchev–Trinajstić information content (AvgIpc) is 2.19. The van der Waals surface area contributed by atoms with E-state index in [0.717, 1.165) is 7.11 Å². The lowest BCUT2D eigenvalue weighted by atomic mass is 10.1. The van der Waals surface area contributed by atoms with Gasteiger partial charge in [0.05, 0.1) is 24.0 Å². The molecule has 0 bridgehead atoms. The van der Waals surface area contributed by atoms with E-state index in [1.165, 1.54) is 0 Å². The van der Waals surface area contributed by atoms with Gasteiger partial charge in [0.25, 0.3) is 0 Å². The highest BCUT2D eigenvalue weighted by Crippen LogP contribution is 2.26. The molecule has 14 heavy (non-hydrogen) atoms. The van der Waals surface area contributed by atoms with E-state index in [2.05, 4.69) is 4.74 Å². The van der Waals surface area contributed by atoms with Gasteiger partial charge in [-0.3, -0.25) is 0 Å². The van der Waals surface area contributed by atoms with Crippen molar-refractivity contribution in [1.29, 1.82) is 0 Å². The molecule has 0 heterocycles. The van der Waals surface area contributed by atoms with Gasteiger partial charge in [0.2, 0.25) is 0 Å². The summed E-state index contributed by atoms with van der Waals surface area (Å²) >= 11 is 0. The van der Waals surface area contributed by atoms with Gasteiger partial charge < -0.3 is 16.2 Å². The second kappa shape index (κ2) is 3.49. The summed E-state index contributed by atoms with van der Waals surface area (Å²) in [5, 5.41) is 0. The molecule has 4 nitrogen and oxygen atoms in total. The number of esters is 1. The summed E-state index contributed by atoms with van der Waals surface area (Å²) < 4.78 is 29.9. The molecule has 1 aromatic carbocycles. The summed E-state index contributed by atoms with van der Waals surface area (Å²) in [6.07, 6.45) is 0. The molecule has 0 aliphatic heterocycles. The molecule has 0 aliphatic rings. The van der Waals surface area contributed by atoms with Crippen LogP contribution < -0.4 is 11.5 Å². The monoisotopic (exact) mass is 202 g/mol. The van der Waals surface area contributed by atoms with Crippen molar-refractivity contribution < 1.29 is 18.3 Å². The topological polar surface area (TPSA) is 78.3 Å². The smallest absolute Gasteiger partial charge is 0.340 e. The first-order chi connectivity index (χ1) is 6.49. The highest BCUT2D eigenvalue weighted by atomic mass is 19.2. The van der Waals surface area contributed by atoms with E-state index in [1.807, 2.05) is 0 Å². The van der Waals surface area contributed by atoms with E-state index in [0.29, 0.717) is 6.07 Å². The molecule has 1 aromatic rings. The number of anilines is 2. The normalized spacial score (nSPS) is 9.93. The molecule has 0 saturated carbocycles. The first kappa shape index (κ1) is 10.2. The van der Waals surface area contributed by atoms with E-state index in [-0.39, 0.29) is 11.3 Å². The average molecular weight is 202 g/mol. The largest absolute Gasteiger partial charge is 0.465 e. The zero-order valence-electron chi connectivity index (χ0n) is 7.30. The van der Waals surface area contributed by atoms with Crippen LogP contribution in [-0.2, 0) is 4.74 Å². The number of nitrogens with two attached hydrogens (primary N) is 2. The van der Waals surface area contributed by atoms with Gasteiger partial charge in [-0.1, -0.05) is 0 Å². The maximum absolute atomic E-state index is 12.8. The van der Waals surface area contributed by atoms with Crippen LogP contribution in [0.25, 0.3) is 0 Å². The number of benzene rings is 1. The highest BCUT2D eigenvalue weighted by molar-refractivity contribution is 5.98. The zero-order valence-corrected chi connectivity index (χ0v) is 7.30. The molecule has 1 rings (SSSR count). The number of nitrogen functional groups attached to an aromatic ring is 2. The Morgan fingerprint density at radius 3 is 2.43 bits per heavy atom. The summed E-state index contributed by atoms with van der Waals surface area (Å²) in [4.78, 5) is 11.0. The van der Waals surface area contributed by atoms with Crippen molar-refractivity contribution in [3.05, 3.63) is 23.3 Å². The standard InChI is InChI=1S/C8H8F2N2O2/c1-14-8(13)3-2-4(9)5(10)7(12)6(3)11/h2H,11-12H2,1H3. The fraction of sp³-hybridized carbons (Fsp3) is 0.125. The van der Waals surface area contributed by atoms with Gasteiger partial charge in [0, 0.05) is 0 Å². The molecular weight excluding hydrogens is 194 g/mol. The molecule has 0 unspecified atom stereocenters. The summed E-state index contributed by atoms with van der Waals surface area (Å²) in [6.45, 7) is 0. The predicted octanol–water partition coefficient (Wildman–Crippen LogP) is 0.916. The fourth-order valence-corrected chi connectivity index (χ4v) is 0.939. The Kier molecular flexibility index (Phi) is 2.55. The van der Waals surface area contributed by atoms with Crippen LogP contribution in [0.4, 0.5) is 20.2 Å². The summed E-state index contributed by atoms with van der Waals surface area (Å²) in [5.41, 5.74) is 9.22. The minimum Gasteiger partial charge on any atom is -0.465 e. The lowest BCUT2D eigenvalue weighted by Crippen LogP contribution is -2.10. The predicted molar refractivity (Wildman–Crippen MR) is 46.5 cm³/mol. The van der Waals surface area contributed by atoms with E-state index >= 15 is 0 Å². The third-order valence-electron chi connectivity index (χ3n) is 1.70. The fourth-order valence-electron chi connectivity index (χ4n) is 0.939. The Bertz CT molecular complexity index is 393. The van der Waals surface area contributed by atoms with Crippen molar-refractivity contribution in [3.63, 3.8) is 0 Å². The van der Waals surface area contributed by atoms with Crippen molar-refractivity contribution in [2.75, 3.05) is 18.6 Å². The Balaban J connectivity index is 3.40. The van der Waals surface area contributed by atoms with Crippen LogP contribution in [0.3, 0.4) is 0 Å². The Morgan fingerprint density at radius 2 is 1.93 bits per heavy atom. The Morgan fingerprint density at radius 1 is 1.36 bits per heavy atom. The second-order valence-corrected chi connectivity index (χ2v) is 2.54.